The number of hydrogen-bond donors (Lipinski definition) is 2. The molecule has 0 fully saturated rings. The maximum absolute atomic E-state index is 12.1. The lowest BCUT2D eigenvalue weighted by Gasteiger charge is -2.13. The van der Waals surface area contributed by atoms with E-state index in [1.807, 2.05) is 0 Å². The first-order valence-electron chi connectivity index (χ1n) is 6.76. The van der Waals surface area contributed by atoms with Crippen LogP contribution in [-0.4, -0.2) is 29.2 Å². The quantitative estimate of drug-likeness (QED) is 0.893. The molecule has 7 heteroatoms. The van der Waals surface area contributed by atoms with E-state index in [4.69, 9.17) is 14.4 Å². The third kappa shape index (κ3) is 2.52. The summed E-state index contributed by atoms with van der Waals surface area (Å²) in [6, 6.07) is 6.14. The summed E-state index contributed by atoms with van der Waals surface area (Å²) in [7, 11) is 1.43. The second kappa shape index (κ2) is 5.51. The minimum Gasteiger partial charge on any atom is -0.479 e. The lowest BCUT2D eigenvalue weighted by molar-refractivity contribution is 0.0696. The third-order valence-corrected chi connectivity index (χ3v) is 3.70. The summed E-state index contributed by atoms with van der Waals surface area (Å²) in [6.45, 7) is 0. The molecule has 22 heavy (non-hydrogen) atoms. The van der Waals surface area contributed by atoms with E-state index in [2.05, 4.69) is 10.5 Å². The number of amides is 1. The Morgan fingerprint density at radius 2 is 2.23 bits per heavy atom. The Kier molecular flexibility index (Phi) is 3.54. The number of aromatic nitrogens is 1. The van der Waals surface area contributed by atoms with Crippen LogP contribution < -0.4 is 10.1 Å². The predicted octanol–water partition coefficient (Wildman–Crippen LogP) is 1.80. The molecule has 0 aliphatic heterocycles. The van der Waals surface area contributed by atoms with Crippen molar-refractivity contribution in [2.45, 2.75) is 18.9 Å². The molecule has 0 radical (unpaired) electrons. The fourth-order valence-electron chi connectivity index (χ4n) is 2.58. The molecule has 1 aliphatic carbocycles. The first kappa shape index (κ1) is 14.1. The first-order valence-corrected chi connectivity index (χ1v) is 6.76. The molecule has 0 saturated carbocycles. The van der Waals surface area contributed by atoms with Gasteiger partial charge in [-0.15, -0.1) is 0 Å². The number of carboxylic acids is 1. The highest BCUT2D eigenvalue weighted by Gasteiger charge is 2.26. The normalized spacial score (nSPS) is 16.1. The van der Waals surface area contributed by atoms with E-state index in [1.165, 1.54) is 13.2 Å². The average Bonchev–Trinajstić information content (AvgIpc) is 3.13. The average molecular weight is 302 g/mol. The number of aryl methyl sites for hydroxylation is 1. The Morgan fingerprint density at radius 1 is 1.41 bits per heavy atom. The molecule has 3 rings (SSSR count). The van der Waals surface area contributed by atoms with Gasteiger partial charge in [-0.3, -0.25) is 4.79 Å². The number of aromatic carboxylic acids is 1. The van der Waals surface area contributed by atoms with Gasteiger partial charge in [0, 0.05) is 0 Å². The van der Waals surface area contributed by atoms with E-state index in [1.54, 1.807) is 18.2 Å². The number of hydrogen-bond acceptors (Lipinski definition) is 5. The van der Waals surface area contributed by atoms with Crippen LogP contribution in [0.2, 0.25) is 0 Å². The van der Waals surface area contributed by atoms with Crippen LogP contribution in [0.25, 0.3) is 0 Å². The maximum atomic E-state index is 12.1. The van der Waals surface area contributed by atoms with Crippen LogP contribution in [0.1, 0.15) is 44.5 Å². The van der Waals surface area contributed by atoms with Crippen molar-refractivity contribution in [3.05, 3.63) is 46.7 Å². The second-order valence-electron chi connectivity index (χ2n) is 5.02. The van der Waals surface area contributed by atoms with Gasteiger partial charge >= 0.3 is 5.97 Å². The number of carboxylic acid groups (broad SMARTS) is 1. The predicted molar refractivity (Wildman–Crippen MR) is 75.0 cm³/mol. The van der Waals surface area contributed by atoms with Crippen LogP contribution >= 0.6 is 0 Å². The molecule has 0 spiro atoms. The van der Waals surface area contributed by atoms with Crippen molar-refractivity contribution in [2.24, 2.45) is 0 Å². The Bertz CT molecular complexity index is 737. The molecule has 1 amide bonds. The number of nitrogens with zero attached hydrogens (tertiary/aromatic N) is 1. The van der Waals surface area contributed by atoms with Crippen LogP contribution in [-0.2, 0) is 6.42 Å². The van der Waals surface area contributed by atoms with Crippen molar-refractivity contribution >= 4 is 11.9 Å². The number of benzene rings is 1. The Balaban J connectivity index is 1.79. The molecule has 1 unspecified atom stereocenters. The zero-order valence-corrected chi connectivity index (χ0v) is 11.8. The first-order chi connectivity index (χ1) is 10.6. The van der Waals surface area contributed by atoms with E-state index in [-0.39, 0.29) is 23.2 Å². The van der Waals surface area contributed by atoms with Gasteiger partial charge in [-0.25, -0.2) is 4.79 Å². The summed E-state index contributed by atoms with van der Waals surface area (Å²) >= 11 is 0. The highest BCUT2D eigenvalue weighted by Crippen LogP contribution is 2.32. The van der Waals surface area contributed by atoms with Gasteiger partial charge in [0.1, 0.15) is 0 Å². The molecule has 114 valence electrons. The van der Waals surface area contributed by atoms with Crippen molar-refractivity contribution in [3.63, 3.8) is 0 Å². The van der Waals surface area contributed by atoms with Crippen molar-refractivity contribution < 1.29 is 24.0 Å². The number of rotatable bonds is 4. The highest BCUT2D eigenvalue weighted by molar-refractivity contribution is 5.92. The van der Waals surface area contributed by atoms with Gasteiger partial charge in [0.05, 0.1) is 24.8 Å². The fraction of sp³-hybridized carbons (Fsp3) is 0.267. The van der Waals surface area contributed by atoms with Crippen LogP contribution in [0.3, 0.4) is 0 Å². The molecule has 0 bridgehead atoms. The minimum absolute atomic E-state index is 0.0553. The highest BCUT2D eigenvalue weighted by atomic mass is 16.5. The van der Waals surface area contributed by atoms with Crippen molar-refractivity contribution in [1.29, 1.82) is 0 Å². The Labute approximate surface area is 125 Å². The van der Waals surface area contributed by atoms with E-state index in [0.717, 1.165) is 24.0 Å². The zero-order chi connectivity index (χ0) is 15.7. The topological polar surface area (TPSA) is 102 Å². The van der Waals surface area contributed by atoms with Gasteiger partial charge < -0.3 is 19.7 Å². The number of carbonyl (C=O) groups is 2. The Hall–Kier alpha value is -2.83. The van der Waals surface area contributed by atoms with Gasteiger partial charge in [0.2, 0.25) is 5.76 Å². The summed E-state index contributed by atoms with van der Waals surface area (Å²) < 4.78 is 9.76. The van der Waals surface area contributed by atoms with E-state index < -0.39 is 11.9 Å². The Morgan fingerprint density at radius 3 is 2.91 bits per heavy atom. The molecule has 2 N–H and O–H groups in total. The zero-order valence-electron chi connectivity index (χ0n) is 11.8. The lowest BCUT2D eigenvalue weighted by atomic mass is 10.0. The standard InChI is InChI=1S/C15H14N2O5/c1-21-13-7-12(22-17-13)14(18)16-11-5-4-8-2-3-9(15(19)20)6-10(8)11/h2-3,6-7,11H,4-5H2,1H3,(H,16,18)(H,19,20). The minimum atomic E-state index is -0.986. The molecule has 1 heterocycles. The van der Waals surface area contributed by atoms with E-state index in [9.17, 15) is 9.59 Å². The van der Waals surface area contributed by atoms with Gasteiger partial charge in [-0.1, -0.05) is 6.07 Å². The molecule has 0 saturated heterocycles. The van der Waals surface area contributed by atoms with Crippen molar-refractivity contribution in [3.8, 4) is 5.88 Å². The number of ether oxygens (including phenoxy) is 1. The number of methoxy groups -OCH3 is 1. The third-order valence-electron chi connectivity index (χ3n) is 3.70. The molecule has 1 atom stereocenters. The van der Waals surface area contributed by atoms with Crippen LogP contribution in [0.5, 0.6) is 5.88 Å². The van der Waals surface area contributed by atoms with Crippen LogP contribution in [0.4, 0.5) is 0 Å². The molecule has 1 aliphatic rings. The van der Waals surface area contributed by atoms with Gasteiger partial charge in [0.25, 0.3) is 11.8 Å². The summed E-state index contributed by atoms with van der Waals surface area (Å²) in [6.07, 6.45) is 1.51. The number of fused-ring (bicyclic) bond motifs is 1. The van der Waals surface area contributed by atoms with Gasteiger partial charge in [0.15, 0.2) is 0 Å². The monoisotopic (exact) mass is 302 g/mol. The van der Waals surface area contributed by atoms with E-state index in [0.29, 0.717) is 0 Å². The largest absolute Gasteiger partial charge is 0.479 e. The number of nitrogens with one attached hydrogen (secondary N) is 1. The van der Waals surface area contributed by atoms with Crippen LogP contribution in [0.15, 0.2) is 28.8 Å². The summed E-state index contributed by atoms with van der Waals surface area (Å²) in [5, 5.41) is 15.5. The molecule has 1 aromatic carbocycles. The molecule has 1 aromatic heterocycles. The summed E-state index contributed by atoms with van der Waals surface area (Å²) in [5.74, 6) is -1.11. The van der Waals surface area contributed by atoms with Crippen molar-refractivity contribution in [2.75, 3.05) is 7.11 Å². The van der Waals surface area contributed by atoms with Crippen molar-refractivity contribution in [1.82, 2.24) is 10.5 Å². The maximum Gasteiger partial charge on any atom is 0.335 e. The number of carbonyl (C=O) groups excluding carboxylic acids is 1. The van der Waals surface area contributed by atoms with Gasteiger partial charge in [-0.2, -0.15) is 0 Å². The van der Waals surface area contributed by atoms with E-state index >= 15 is 0 Å². The summed E-state index contributed by atoms with van der Waals surface area (Å²) in [4.78, 5) is 23.2. The van der Waals surface area contributed by atoms with Gasteiger partial charge in [-0.05, 0) is 41.3 Å². The molecule has 2 aromatic rings. The molecular formula is C15H14N2O5. The summed E-state index contributed by atoms with van der Waals surface area (Å²) in [5.41, 5.74) is 2.09. The second-order valence-corrected chi connectivity index (χ2v) is 5.02. The van der Waals surface area contributed by atoms with Crippen LogP contribution in [0, 0.1) is 0 Å². The lowest BCUT2D eigenvalue weighted by Crippen LogP contribution is -2.26. The molecular weight excluding hydrogens is 288 g/mol. The fourth-order valence-corrected chi connectivity index (χ4v) is 2.58. The molecule has 7 nitrogen and oxygen atoms in total. The smallest absolute Gasteiger partial charge is 0.335 e. The SMILES string of the molecule is COc1cc(C(=O)NC2CCc3ccc(C(=O)O)cc32)on1.